The fourth-order valence-corrected chi connectivity index (χ4v) is 4.42. The van der Waals surface area contributed by atoms with Gasteiger partial charge in [0.2, 0.25) is 9.84 Å². The number of hydrogen-bond acceptors (Lipinski definition) is 4. The van der Waals surface area contributed by atoms with E-state index in [0.29, 0.717) is 10.6 Å². The predicted molar refractivity (Wildman–Crippen MR) is 114 cm³/mol. The number of aryl methyl sites for hydroxylation is 2. The largest absolute Gasteiger partial charge is 0.507 e. The lowest BCUT2D eigenvalue weighted by Gasteiger charge is -2.12. The van der Waals surface area contributed by atoms with Gasteiger partial charge in [0.25, 0.3) is 5.91 Å². The summed E-state index contributed by atoms with van der Waals surface area (Å²) in [6.45, 7) is 3.49. The van der Waals surface area contributed by atoms with Crippen LogP contribution in [0.15, 0.2) is 64.4 Å². The van der Waals surface area contributed by atoms with Crippen LogP contribution in [0, 0.1) is 13.8 Å². The van der Waals surface area contributed by atoms with Crippen LogP contribution in [0.4, 0.5) is 5.69 Å². The van der Waals surface area contributed by atoms with Crippen LogP contribution in [0.3, 0.4) is 0 Å². The van der Waals surface area contributed by atoms with Gasteiger partial charge in [-0.25, -0.2) is 8.42 Å². The Labute approximate surface area is 178 Å². The van der Waals surface area contributed by atoms with E-state index in [0.717, 1.165) is 5.56 Å². The van der Waals surface area contributed by atoms with E-state index in [1.54, 1.807) is 26.0 Å². The van der Waals surface area contributed by atoms with E-state index in [4.69, 9.17) is 23.2 Å². The van der Waals surface area contributed by atoms with Crippen LogP contribution in [0.1, 0.15) is 21.5 Å². The van der Waals surface area contributed by atoms with Crippen molar-refractivity contribution in [3.05, 3.63) is 81.3 Å². The van der Waals surface area contributed by atoms with E-state index in [9.17, 15) is 18.3 Å². The first-order chi connectivity index (χ1) is 13.6. The van der Waals surface area contributed by atoms with Gasteiger partial charge in [-0.05, 0) is 73.5 Å². The molecule has 0 heterocycles. The van der Waals surface area contributed by atoms with Crippen molar-refractivity contribution in [1.29, 1.82) is 0 Å². The van der Waals surface area contributed by atoms with Gasteiger partial charge in [0.15, 0.2) is 0 Å². The molecule has 0 bridgehead atoms. The number of aromatic hydroxyl groups is 1. The molecular weight excluding hydrogens is 433 g/mol. The summed E-state index contributed by atoms with van der Waals surface area (Å²) in [7, 11) is -3.83. The van der Waals surface area contributed by atoms with Gasteiger partial charge in [-0.2, -0.15) is 0 Å². The number of phenols is 1. The van der Waals surface area contributed by atoms with Gasteiger partial charge in [-0.15, -0.1) is 0 Å². The SMILES string of the molecule is Cc1cc(C)c(O)c(C(=O)Nc2cc(S(=O)(=O)c3ccc(Cl)cc3)ccc2Cl)c1. The van der Waals surface area contributed by atoms with Crippen LogP contribution >= 0.6 is 23.2 Å². The second-order valence-electron chi connectivity index (χ2n) is 6.53. The molecule has 3 rings (SSSR count). The Balaban J connectivity index is 1.98. The first-order valence-electron chi connectivity index (χ1n) is 8.51. The number of benzene rings is 3. The Morgan fingerprint density at radius 3 is 2.21 bits per heavy atom. The van der Waals surface area contributed by atoms with Crippen LogP contribution in [-0.2, 0) is 9.84 Å². The van der Waals surface area contributed by atoms with E-state index in [2.05, 4.69) is 5.32 Å². The van der Waals surface area contributed by atoms with Crippen molar-refractivity contribution < 1.29 is 18.3 Å². The first kappa shape index (κ1) is 21.2. The molecule has 0 fully saturated rings. The lowest BCUT2D eigenvalue weighted by molar-refractivity contribution is 0.102. The number of carbonyl (C=O) groups excluding carboxylic acids is 1. The number of carbonyl (C=O) groups is 1. The zero-order chi connectivity index (χ0) is 21.3. The number of nitrogens with one attached hydrogen (secondary N) is 1. The lowest BCUT2D eigenvalue weighted by atomic mass is 10.0. The highest BCUT2D eigenvalue weighted by Crippen LogP contribution is 2.31. The first-order valence-corrected chi connectivity index (χ1v) is 10.8. The molecule has 0 aliphatic carbocycles. The molecule has 3 aromatic rings. The van der Waals surface area contributed by atoms with Gasteiger partial charge in [-0.1, -0.05) is 29.3 Å². The zero-order valence-corrected chi connectivity index (χ0v) is 17.9. The Kier molecular flexibility index (Phi) is 5.89. The summed E-state index contributed by atoms with van der Waals surface area (Å²) in [5.41, 5.74) is 1.55. The maximum Gasteiger partial charge on any atom is 0.259 e. The van der Waals surface area contributed by atoms with Crippen molar-refractivity contribution in [2.45, 2.75) is 23.6 Å². The van der Waals surface area contributed by atoms with E-state index in [1.807, 2.05) is 0 Å². The smallest absolute Gasteiger partial charge is 0.259 e. The van der Waals surface area contributed by atoms with E-state index in [1.165, 1.54) is 42.5 Å². The normalized spacial score (nSPS) is 11.3. The average molecular weight is 450 g/mol. The molecule has 150 valence electrons. The second-order valence-corrected chi connectivity index (χ2v) is 9.32. The van der Waals surface area contributed by atoms with Crippen molar-refractivity contribution in [2.75, 3.05) is 5.32 Å². The van der Waals surface area contributed by atoms with E-state index >= 15 is 0 Å². The van der Waals surface area contributed by atoms with Gasteiger partial charge in [0.05, 0.1) is 26.1 Å². The van der Waals surface area contributed by atoms with Crippen LogP contribution in [0.25, 0.3) is 0 Å². The average Bonchev–Trinajstić information content (AvgIpc) is 2.66. The van der Waals surface area contributed by atoms with Gasteiger partial charge < -0.3 is 10.4 Å². The predicted octanol–water partition coefficient (Wildman–Crippen LogP) is 5.40. The van der Waals surface area contributed by atoms with Gasteiger partial charge in [0.1, 0.15) is 5.75 Å². The lowest BCUT2D eigenvalue weighted by Crippen LogP contribution is -2.14. The number of amides is 1. The number of sulfone groups is 1. The maximum atomic E-state index is 12.9. The standard InChI is InChI=1S/C21H17Cl2NO4S/c1-12-9-13(2)20(25)17(10-12)21(26)24-19-11-16(7-8-18(19)23)29(27,28)15-5-3-14(22)4-6-15/h3-11,25H,1-2H3,(H,24,26). The zero-order valence-electron chi connectivity index (χ0n) is 15.5. The molecule has 0 saturated carbocycles. The molecule has 2 N–H and O–H groups in total. The summed E-state index contributed by atoms with van der Waals surface area (Å²) in [5, 5.41) is 13.4. The van der Waals surface area contributed by atoms with Crippen molar-refractivity contribution in [2.24, 2.45) is 0 Å². The summed E-state index contributed by atoms with van der Waals surface area (Å²) in [4.78, 5) is 12.7. The van der Waals surface area contributed by atoms with Crippen LogP contribution in [-0.4, -0.2) is 19.4 Å². The molecule has 29 heavy (non-hydrogen) atoms. The van der Waals surface area contributed by atoms with Crippen molar-refractivity contribution >= 4 is 44.6 Å². The molecule has 8 heteroatoms. The molecule has 0 aliphatic heterocycles. The monoisotopic (exact) mass is 449 g/mol. The Hall–Kier alpha value is -2.54. The van der Waals surface area contributed by atoms with E-state index < -0.39 is 15.7 Å². The molecule has 3 aromatic carbocycles. The Morgan fingerprint density at radius 2 is 1.55 bits per heavy atom. The van der Waals surface area contributed by atoms with Gasteiger partial charge >= 0.3 is 0 Å². The summed E-state index contributed by atoms with van der Waals surface area (Å²) in [6, 6.07) is 13.1. The number of anilines is 1. The number of halogens is 2. The third-order valence-corrected chi connectivity index (χ3v) is 6.66. The molecule has 0 atom stereocenters. The maximum absolute atomic E-state index is 12.9. The molecule has 0 spiro atoms. The van der Waals surface area contributed by atoms with E-state index in [-0.39, 0.29) is 31.8 Å². The van der Waals surface area contributed by atoms with Gasteiger partial charge in [0, 0.05) is 5.02 Å². The third kappa shape index (κ3) is 4.40. The molecular formula is C21H17Cl2NO4S. The molecule has 0 aliphatic rings. The van der Waals surface area contributed by atoms with Crippen molar-refractivity contribution in [1.82, 2.24) is 0 Å². The second kappa shape index (κ2) is 8.06. The van der Waals surface area contributed by atoms with Crippen LogP contribution in [0.2, 0.25) is 10.0 Å². The topological polar surface area (TPSA) is 83.5 Å². The minimum atomic E-state index is -3.83. The summed E-state index contributed by atoms with van der Waals surface area (Å²) in [5.74, 6) is -0.744. The fourth-order valence-electron chi connectivity index (χ4n) is 2.84. The molecule has 0 saturated heterocycles. The molecule has 0 unspecified atom stereocenters. The van der Waals surface area contributed by atoms with Gasteiger partial charge in [-0.3, -0.25) is 4.79 Å². The van der Waals surface area contributed by atoms with Crippen molar-refractivity contribution in [3.8, 4) is 5.75 Å². The summed E-state index contributed by atoms with van der Waals surface area (Å²) in [6.07, 6.45) is 0. The minimum Gasteiger partial charge on any atom is -0.507 e. The Bertz CT molecular complexity index is 1210. The quantitative estimate of drug-likeness (QED) is 0.558. The third-order valence-electron chi connectivity index (χ3n) is 4.31. The van der Waals surface area contributed by atoms with Crippen LogP contribution in [0.5, 0.6) is 5.75 Å². The highest BCUT2D eigenvalue weighted by atomic mass is 35.5. The number of rotatable bonds is 4. The Morgan fingerprint density at radius 1 is 0.931 bits per heavy atom. The highest BCUT2D eigenvalue weighted by Gasteiger charge is 2.21. The number of phenolic OH excluding ortho intramolecular Hbond substituents is 1. The molecule has 0 aromatic heterocycles. The van der Waals surface area contributed by atoms with Crippen molar-refractivity contribution in [3.63, 3.8) is 0 Å². The summed E-state index contributed by atoms with van der Waals surface area (Å²) >= 11 is 12.0. The summed E-state index contributed by atoms with van der Waals surface area (Å²) < 4.78 is 25.7. The molecule has 5 nitrogen and oxygen atoms in total. The van der Waals surface area contributed by atoms with Crippen LogP contribution < -0.4 is 5.32 Å². The molecule has 0 radical (unpaired) electrons. The molecule has 1 amide bonds. The minimum absolute atomic E-state index is 0.0378. The fraction of sp³-hybridized carbons (Fsp3) is 0.0952. The highest BCUT2D eigenvalue weighted by molar-refractivity contribution is 7.91. The number of hydrogen-bond donors (Lipinski definition) is 2.